The van der Waals surface area contributed by atoms with Crippen LogP contribution in [0.1, 0.15) is 28.6 Å². The van der Waals surface area contributed by atoms with E-state index in [1.165, 1.54) is 0 Å². The van der Waals surface area contributed by atoms with E-state index < -0.39 is 18.3 Å². The third-order valence-corrected chi connectivity index (χ3v) is 4.70. The number of carbonyl (C=O) groups is 1. The van der Waals surface area contributed by atoms with Gasteiger partial charge in [-0.3, -0.25) is 4.40 Å². The Kier molecular flexibility index (Phi) is 4.00. The topological polar surface area (TPSA) is 99.1 Å². The van der Waals surface area contributed by atoms with Crippen LogP contribution in [0, 0.1) is 6.92 Å². The Morgan fingerprint density at radius 1 is 1.35 bits per heavy atom. The van der Waals surface area contributed by atoms with Gasteiger partial charge in [0.1, 0.15) is 6.10 Å². The molecule has 0 unspecified atom stereocenters. The van der Waals surface area contributed by atoms with Crippen LogP contribution < -0.4 is 10.5 Å². The van der Waals surface area contributed by atoms with Gasteiger partial charge in [0.2, 0.25) is 0 Å². The van der Waals surface area contributed by atoms with Crippen molar-refractivity contribution >= 4 is 11.7 Å². The number of hydrogen-bond donors (Lipinski definition) is 2. The SMILES string of the molecule is Cc1nc2c(O[C@@H]3c4ccccc4C[C@H]3OC(N)=O)cccn2c1CO. The van der Waals surface area contributed by atoms with E-state index in [2.05, 4.69) is 4.98 Å². The number of ether oxygens (including phenoxy) is 2. The second kappa shape index (κ2) is 6.34. The van der Waals surface area contributed by atoms with Crippen molar-refractivity contribution in [1.82, 2.24) is 9.38 Å². The molecule has 0 spiro atoms. The zero-order valence-electron chi connectivity index (χ0n) is 14.3. The highest BCUT2D eigenvalue weighted by Gasteiger charge is 2.37. The minimum Gasteiger partial charge on any atom is -0.478 e. The van der Waals surface area contributed by atoms with E-state index in [-0.39, 0.29) is 6.61 Å². The van der Waals surface area contributed by atoms with Crippen molar-refractivity contribution in [2.24, 2.45) is 5.73 Å². The minimum atomic E-state index is -0.825. The molecule has 0 saturated heterocycles. The summed E-state index contributed by atoms with van der Waals surface area (Å²) in [5.74, 6) is 0.551. The summed E-state index contributed by atoms with van der Waals surface area (Å²) < 4.78 is 13.3. The molecular formula is C19H19N3O4. The number of hydrogen-bond acceptors (Lipinski definition) is 5. The number of amides is 1. The molecule has 134 valence electrons. The van der Waals surface area contributed by atoms with E-state index in [9.17, 15) is 9.90 Å². The van der Waals surface area contributed by atoms with Crippen molar-refractivity contribution in [3.05, 3.63) is 65.1 Å². The fourth-order valence-corrected chi connectivity index (χ4v) is 3.54. The molecular weight excluding hydrogens is 334 g/mol. The van der Waals surface area contributed by atoms with Gasteiger partial charge in [-0.15, -0.1) is 0 Å². The van der Waals surface area contributed by atoms with Gasteiger partial charge < -0.3 is 20.3 Å². The van der Waals surface area contributed by atoms with Crippen molar-refractivity contribution in [1.29, 1.82) is 0 Å². The molecule has 4 rings (SSSR count). The summed E-state index contributed by atoms with van der Waals surface area (Å²) in [5.41, 5.74) is 9.31. The number of aliphatic hydroxyl groups is 1. The summed E-state index contributed by atoms with van der Waals surface area (Å²) in [5, 5.41) is 9.58. The first kappa shape index (κ1) is 16.4. The van der Waals surface area contributed by atoms with Crippen LogP contribution in [0.3, 0.4) is 0 Å². The highest BCUT2D eigenvalue weighted by molar-refractivity contribution is 5.65. The third kappa shape index (κ3) is 2.66. The highest BCUT2D eigenvalue weighted by atomic mass is 16.6. The molecule has 7 heteroatoms. The molecule has 2 heterocycles. The number of imidazole rings is 1. The van der Waals surface area contributed by atoms with E-state index in [0.29, 0.717) is 23.5 Å². The van der Waals surface area contributed by atoms with Crippen LogP contribution in [0.15, 0.2) is 42.6 Å². The van der Waals surface area contributed by atoms with Gasteiger partial charge in [0.15, 0.2) is 17.5 Å². The van der Waals surface area contributed by atoms with Crippen molar-refractivity contribution in [3.8, 4) is 5.75 Å². The Balaban J connectivity index is 1.75. The highest BCUT2D eigenvalue weighted by Crippen LogP contribution is 2.38. The molecule has 7 nitrogen and oxygen atoms in total. The van der Waals surface area contributed by atoms with Crippen LogP contribution in [0.2, 0.25) is 0 Å². The van der Waals surface area contributed by atoms with Gasteiger partial charge in [-0.05, 0) is 30.2 Å². The summed E-state index contributed by atoms with van der Waals surface area (Å²) >= 11 is 0. The number of fused-ring (bicyclic) bond motifs is 2. The number of benzene rings is 1. The molecule has 0 radical (unpaired) electrons. The van der Waals surface area contributed by atoms with Crippen LogP contribution >= 0.6 is 0 Å². The monoisotopic (exact) mass is 353 g/mol. The van der Waals surface area contributed by atoms with Gasteiger partial charge in [0.25, 0.3) is 0 Å². The number of primary amides is 1. The van der Waals surface area contributed by atoms with Crippen LogP contribution in [0.4, 0.5) is 4.79 Å². The average Bonchev–Trinajstić information content (AvgIpc) is 3.12. The van der Waals surface area contributed by atoms with Gasteiger partial charge in [0.05, 0.1) is 18.0 Å². The maximum absolute atomic E-state index is 11.3. The molecule has 2 aromatic heterocycles. The summed E-state index contributed by atoms with van der Waals surface area (Å²) in [4.78, 5) is 15.8. The molecule has 26 heavy (non-hydrogen) atoms. The average molecular weight is 353 g/mol. The predicted molar refractivity (Wildman–Crippen MR) is 93.8 cm³/mol. The lowest BCUT2D eigenvalue weighted by Gasteiger charge is -2.21. The Bertz CT molecular complexity index is 982. The smallest absolute Gasteiger partial charge is 0.404 e. The van der Waals surface area contributed by atoms with Crippen LogP contribution in [-0.2, 0) is 17.8 Å². The molecule has 2 atom stereocenters. The number of pyridine rings is 1. The molecule has 0 fully saturated rings. The van der Waals surface area contributed by atoms with Crippen LogP contribution in [0.5, 0.6) is 5.75 Å². The maximum atomic E-state index is 11.3. The Morgan fingerprint density at radius 2 is 2.15 bits per heavy atom. The number of nitrogens with two attached hydrogens (primary N) is 1. The number of rotatable bonds is 4. The Hall–Kier alpha value is -3.06. The van der Waals surface area contributed by atoms with Crippen molar-refractivity contribution in [2.45, 2.75) is 32.2 Å². The number of nitrogens with zero attached hydrogens (tertiary/aromatic N) is 2. The molecule has 1 amide bonds. The second-order valence-electron chi connectivity index (χ2n) is 6.28. The van der Waals surface area contributed by atoms with Crippen LogP contribution in [0.25, 0.3) is 5.65 Å². The zero-order chi connectivity index (χ0) is 18.3. The molecule has 3 N–H and O–H groups in total. The van der Waals surface area contributed by atoms with Gasteiger partial charge >= 0.3 is 6.09 Å². The minimum absolute atomic E-state index is 0.115. The summed E-state index contributed by atoms with van der Waals surface area (Å²) in [6, 6.07) is 11.4. The third-order valence-electron chi connectivity index (χ3n) is 4.70. The summed E-state index contributed by atoms with van der Waals surface area (Å²) in [6.07, 6.45) is 0.572. The van der Waals surface area contributed by atoms with E-state index in [1.807, 2.05) is 49.5 Å². The first-order valence-electron chi connectivity index (χ1n) is 8.36. The second-order valence-corrected chi connectivity index (χ2v) is 6.28. The molecule has 3 aromatic rings. The predicted octanol–water partition coefficient (Wildman–Crippen LogP) is 2.28. The number of aryl methyl sites for hydroxylation is 1. The fourth-order valence-electron chi connectivity index (χ4n) is 3.54. The van der Waals surface area contributed by atoms with Gasteiger partial charge in [-0.1, -0.05) is 24.3 Å². The van der Waals surface area contributed by atoms with E-state index in [0.717, 1.165) is 16.8 Å². The first-order chi connectivity index (χ1) is 12.6. The molecule has 1 aliphatic carbocycles. The molecule has 1 aliphatic rings. The number of aliphatic hydroxyl groups excluding tert-OH is 1. The Labute approximate surface area is 150 Å². The number of aromatic nitrogens is 2. The summed E-state index contributed by atoms with van der Waals surface area (Å²) in [7, 11) is 0. The quantitative estimate of drug-likeness (QED) is 0.750. The lowest BCUT2D eigenvalue weighted by atomic mass is 10.1. The Morgan fingerprint density at radius 3 is 2.92 bits per heavy atom. The molecule has 0 saturated carbocycles. The van der Waals surface area contributed by atoms with Gasteiger partial charge in [-0.25, -0.2) is 9.78 Å². The van der Waals surface area contributed by atoms with E-state index in [1.54, 1.807) is 4.40 Å². The summed E-state index contributed by atoms with van der Waals surface area (Å²) in [6.45, 7) is 1.72. The first-order valence-corrected chi connectivity index (χ1v) is 8.36. The van der Waals surface area contributed by atoms with Crippen molar-refractivity contribution in [3.63, 3.8) is 0 Å². The zero-order valence-corrected chi connectivity index (χ0v) is 14.3. The lowest BCUT2D eigenvalue weighted by Crippen LogP contribution is -2.29. The van der Waals surface area contributed by atoms with Crippen molar-refractivity contribution in [2.75, 3.05) is 0 Å². The van der Waals surface area contributed by atoms with E-state index in [4.69, 9.17) is 15.2 Å². The maximum Gasteiger partial charge on any atom is 0.404 e. The van der Waals surface area contributed by atoms with Gasteiger partial charge in [-0.2, -0.15) is 0 Å². The van der Waals surface area contributed by atoms with Crippen LogP contribution in [-0.4, -0.2) is 26.7 Å². The number of carbonyl (C=O) groups excluding carboxylic acids is 1. The normalized spacial score (nSPS) is 18.7. The molecule has 1 aromatic carbocycles. The van der Waals surface area contributed by atoms with Gasteiger partial charge in [0, 0.05) is 12.6 Å². The fraction of sp³-hybridized carbons (Fsp3) is 0.263. The van der Waals surface area contributed by atoms with Crippen molar-refractivity contribution < 1.29 is 19.4 Å². The molecule has 0 aliphatic heterocycles. The standard InChI is InChI=1S/C19H19N3O4/c1-11-14(10-23)22-8-4-7-15(18(22)21-11)25-17-13-6-3-2-5-12(13)9-16(17)26-19(20)24/h2-8,16-17,23H,9-10H2,1H3,(H2,20,24)/t16-,17-/m1/s1. The largest absolute Gasteiger partial charge is 0.478 e. The van der Waals surface area contributed by atoms with E-state index >= 15 is 0 Å². The lowest BCUT2D eigenvalue weighted by molar-refractivity contribution is 0.0310. The molecule has 0 bridgehead atoms.